The molecule has 0 amide bonds. The minimum Gasteiger partial charge on any atom is -0.493 e. The number of hydrogen-bond acceptors (Lipinski definition) is 3. The molecular formula is C18H18O3. The van der Waals surface area contributed by atoms with Gasteiger partial charge in [0.2, 0.25) is 0 Å². The lowest BCUT2D eigenvalue weighted by molar-refractivity contribution is -0.116. The molecule has 0 saturated heterocycles. The summed E-state index contributed by atoms with van der Waals surface area (Å²) in [7, 11) is 0. The number of hydrogen-bond donors (Lipinski definition) is 0. The van der Waals surface area contributed by atoms with Crippen LogP contribution in [0, 0.1) is 0 Å². The highest BCUT2D eigenvalue weighted by atomic mass is 16.5. The number of ketones is 1. The first kappa shape index (κ1) is 13.7. The first-order chi connectivity index (χ1) is 10.2. The summed E-state index contributed by atoms with van der Waals surface area (Å²) in [6.07, 6.45) is 0.476. The lowest BCUT2D eigenvalue weighted by Crippen LogP contribution is -2.11. The molecule has 108 valence electrons. The van der Waals surface area contributed by atoms with Gasteiger partial charge in [-0.1, -0.05) is 30.3 Å². The molecule has 0 spiro atoms. The molecule has 2 aromatic rings. The Balaban J connectivity index is 1.60. The van der Waals surface area contributed by atoms with Gasteiger partial charge in [-0.3, -0.25) is 4.79 Å². The average molecular weight is 282 g/mol. The van der Waals surface area contributed by atoms with Crippen molar-refractivity contribution in [1.29, 1.82) is 0 Å². The molecule has 3 nitrogen and oxygen atoms in total. The molecule has 1 aliphatic rings. The van der Waals surface area contributed by atoms with Crippen molar-refractivity contribution in [3.05, 3.63) is 59.7 Å². The Hall–Kier alpha value is -2.29. The van der Waals surface area contributed by atoms with Crippen LogP contribution in [0.1, 0.15) is 24.0 Å². The number of benzene rings is 2. The molecule has 21 heavy (non-hydrogen) atoms. The summed E-state index contributed by atoms with van der Waals surface area (Å²) in [5, 5.41) is 0. The van der Waals surface area contributed by atoms with Crippen molar-refractivity contribution in [2.75, 3.05) is 13.2 Å². The van der Waals surface area contributed by atoms with Crippen molar-refractivity contribution in [3.8, 4) is 11.5 Å². The van der Waals surface area contributed by atoms with Gasteiger partial charge < -0.3 is 9.47 Å². The molecule has 0 N–H and O–H groups in total. The number of carbonyl (C=O) groups excluding carboxylic acids is 1. The fourth-order valence-corrected chi connectivity index (χ4v) is 2.56. The fraction of sp³-hybridized carbons (Fsp3) is 0.278. The summed E-state index contributed by atoms with van der Waals surface area (Å²) in [4.78, 5) is 11.1. The van der Waals surface area contributed by atoms with Crippen LogP contribution in [0.4, 0.5) is 0 Å². The number of fused-ring (bicyclic) bond motifs is 1. The molecule has 3 heteroatoms. The first-order valence-electron chi connectivity index (χ1n) is 7.15. The fourth-order valence-electron chi connectivity index (χ4n) is 2.56. The van der Waals surface area contributed by atoms with Gasteiger partial charge >= 0.3 is 0 Å². The molecule has 0 aromatic heterocycles. The van der Waals surface area contributed by atoms with Crippen LogP contribution >= 0.6 is 0 Å². The molecule has 0 fully saturated rings. The zero-order valence-electron chi connectivity index (χ0n) is 12.0. The van der Waals surface area contributed by atoms with E-state index in [1.807, 2.05) is 42.5 Å². The maximum atomic E-state index is 11.1. The van der Waals surface area contributed by atoms with Crippen molar-refractivity contribution in [1.82, 2.24) is 0 Å². The molecule has 0 saturated carbocycles. The lowest BCUT2D eigenvalue weighted by Gasteiger charge is -2.11. The second-order valence-corrected chi connectivity index (χ2v) is 5.38. The smallest absolute Gasteiger partial charge is 0.134 e. The van der Waals surface area contributed by atoms with Crippen LogP contribution < -0.4 is 9.47 Å². The van der Waals surface area contributed by atoms with Gasteiger partial charge in [-0.05, 0) is 30.7 Å². The van der Waals surface area contributed by atoms with E-state index < -0.39 is 0 Å². The highest BCUT2D eigenvalue weighted by molar-refractivity contribution is 5.78. The number of ether oxygens (including phenoxy) is 2. The summed E-state index contributed by atoms with van der Waals surface area (Å²) >= 11 is 0. The average Bonchev–Trinajstić information content (AvgIpc) is 2.89. The van der Waals surface area contributed by atoms with Gasteiger partial charge in [0.25, 0.3) is 0 Å². The van der Waals surface area contributed by atoms with Crippen molar-refractivity contribution >= 4 is 5.78 Å². The molecule has 0 bridgehead atoms. The van der Waals surface area contributed by atoms with Crippen molar-refractivity contribution in [3.63, 3.8) is 0 Å². The van der Waals surface area contributed by atoms with Gasteiger partial charge in [0.1, 0.15) is 17.3 Å². The number of carbonyl (C=O) groups is 1. The third kappa shape index (κ3) is 3.24. The standard InChI is InChI=1S/C18H18O3/c1-13(19)10-14-6-8-16(9-7-14)20-11-15-12-21-18-5-3-2-4-17(15)18/h2-9,15H,10-12H2,1H3. The highest BCUT2D eigenvalue weighted by Gasteiger charge is 2.24. The Kier molecular flexibility index (Phi) is 3.91. The van der Waals surface area contributed by atoms with Crippen LogP contribution in [0.15, 0.2) is 48.5 Å². The van der Waals surface area contributed by atoms with Gasteiger partial charge in [-0.25, -0.2) is 0 Å². The van der Waals surface area contributed by atoms with E-state index >= 15 is 0 Å². The largest absolute Gasteiger partial charge is 0.493 e. The van der Waals surface area contributed by atoms with E-state index in [4.69, 9.17) is 9.47 Å². The summed E-state index contributed by atoms with van der Waals surface area (Å²) in [6, 6.07) is 15.8. The quantitative estimate of drug-likeness (QED) is 0.843. The predicted octanol–water partition coefficient (Wildman–Crippen LogP) is 3.37. The van der Waals surface area contributed by atoms with E-state index in [-0.39, 0.29) is 11.7 Å². The second kappa shape index (κ2) is 6.00. The van der Waals surface area contributed by atoms with Gasteiger partial charge in [-0.15, -0.1) is 0 Å². The maximum absolute atomic E-state index is 11.1. The van der Waals surface area contributed by atoms with Gasteiger partial charge in [0.15, 0.2) is 0 Å². The summed E-state index contributed by atoms with van der Waals surface area (Å²) in [5.41, 5.74) is 2.23. The van der Waals surface area contributed by atoms with E-state index in [9.17, 15) is 4.79 Å². The number of para-hydroxylation sites is 1. The minimum atomic E-state index is 0.170. The third-order valence-electron chi connectivity index (χ3n) is 3.63. The lowest BCUT2D eigenvalue weighted by atomic mass is 10.0. The van der Waals surface area contributed by atoms with Crippen LogP contribution in [0.5, 0.6) is 11.5 Å². The van der Waals surface area contributed by atoms with Gasteiger partial charge in [0, 0.05) is 12.0 Å². The molecule has 0 radical (unpaired) electrons. The second-order valence-electron chi connectivity index (χ2n) is 5.38. The topological polar surface area (TPSA) is 35.5 Å². The van der Waals surface area contributed by atoms with E-state index in [0.29, 0.717) is 19.6 Å². The Morgan fingerprint density at radius 1 is 1.19 bits per heavy atom. The Morgan fingerprint density at radius 3 is 2.71 bits per heavy atom. The summed E-state index contributed by atoms with van der Waals surface area (Å²) < 4.78 is 11.5. The zero-order chi connectivity index (χ0) is 14.7. The van der Waals surface area contributed by atoms with E-state index in [0.717, 1.165) is 17.1 Å². The molecule has 2 aromatic carbocycles. The molecule has 3 rings (SSSR count). The Bertz CT molecular complexity index is 631. The van der Waals surface area contributed by atoms with Crippen LogP contribution in [0.25, 0.3) is 0 Å². The zero-order valence-corrected chi connectivity index (χ0v) is 12.0. The SMILES string of the molecule is CC(=O)Cc1ccc(OCC2COc3ccccc32)cc1. The van der Waals surface area contributed by atoms with Gasteiger partial charge in [0.05, 0.1) is 19.1 Å². The Labute approximate surface area is 124 Å². The molecule has 1 atom stereocenters. The van der Waals surface area contributed by atoms with Crippen LogP contribution in [0.3, 0.4) is 0 Å². The minimum absolute atomic E-state index is 0.170. The number of Topliss-reactive ketones (excluding diaryl/α,β-unsaturated/α-hetero) is 1. The molecule has 1 aliphatic heterocycles. The van der Waals surface area contributed by atoms with E-state index in [1.165, 1.54) is 5.56 Å². The third-order valence-corrected chi connectivity index (χ3v) is 3.63. The van der Waals surface area contributed by atoms with Crippen LogP contribution in [-0.4, -0.2) is 19.0 Å². The van der Waals surface area contributed by atoms with Crippen molar-refractivity contribution in [2.24, 2.45) is 0 Å². The summed E-state index contributed by atoms with van der Waals surface area (Å²) in [5.74, 6) is 2.23. The van der Waals surface area contributed by atoms with Crippen molar-refractivity contribution in [2.45, 2.75) is 19.3 Å². The van der Waals surface area contributed by atoms with Crippen LogP contribution in [-0.2, 0) is 11.2 Å². The van der Waals surface area contributed by atoms with Crippen LogP contribution in [0.2, 0.25) is 0 Å². The number of rotatable bonds is 5. The van der Waals surface area contributed by atoms with Crippen molar-refractivity contribution < 1.29 is 14.3 Å². The monoisotopic (exact) mass is 282 g/mol. The summed E-state index contributed by atoms with van der Waals surface area (Å²) in [6.45, 7) is 2.87. The predicted molar refractivity (Wildman–Crippen MR) is 81.0 cm³/mol. The van der Waals surface area contributed by atoms with Gasteiger partial charge in [-0.2, -0.15) is 0 Å². The van der Waals surface area contributed by atoms with E-state index in [2.05, 4.69) is 6.07 Å². The Morgan fingerprint density at radius 2 is 1.95 bits per heavy atom. The normalized spacial score (nSPS) is 16.1. The molecule has 0 aliphatic carbocycles. The first-order valence-corrected chi connectivity index (χ1v) is 7.15. The molecular weight excluding hydrogens is 264 g/mol. The molecule has 1 heterocycles. The molecule has 1 unspecified atom stereocenters. The van der Waals surface area contributed by atoms with E-state index in [1.54, 1.807) is 6.92 Å². The highest BCUT2D eigenvalue weighted by Crippen LogP contribution is 2.33. The maximum Gasteiger partial charge on any atom is 0.134 e.